The maximum absolute atomic E-state index is 10.9. The van der Waals surface area contributed by atoms with Gasteiger partial charge in [-0.05, 0) is 12.1 Å². The summed E-state index contributed by atoms with van der Waals surface area (Å²) in [7, 11) is 0. The molecule has 1 aromatic carbocycles. The molecule has 14 heavy (non-hydrogen) atoms. The number of aromatic carboxylic acids is 1. The Morgan fingerprint density at radius 2 is 2.14 bits per heavy atom. The molecule has 0 amide bonds. The lowest BCUT2D eigenvalue weighted by molar-refractivity contribution is 0.0696. The Labute approximate surface area is 89.0 Å². The Morgan fingerprint density at radius 3 is 2.79 bits per heavy atom. The first-order valence-electron chi connectivity index (χ1n) is 3.78. The molecule has 0 saturated heterocycles. The lowest BCUT2D eigenvalue weighted by atomic mass is 10.2. The smallest absolute Gasteiger partial charge is 0.341 e. The zero-order valence-corrected chi connectivity index (χ0v) is 8.60. The summed E-state index contributed by atoms with van der Waals surface area (Å²) in [6.07, 6.45) is 0. The van der Waals surface area contributed by atoms with Gasteiger partial charge in [0.1, 0.15) is 5.56 Å². The van der Waals surface area contributed by atoms with Crippen LogP contribution in [0.4, 0.5) is 0 Å². The summed E-state index contributed by atoms with van der Waals surface area (Å²) in [5, 5.41) is 18.7. The minimum absolute atomic E-state index is 0.0596. The summed E-state index contributed by atoms with van der Waals surface area (Å²) in [6, 6.07) is 5.22. The van der Waals surface area contributed by atoms with Crippen molar-refractivity contribution in [2.75, 3.05) is 0 Å². The van der Waals surface area contributed by atoms with Crippen molar-refractivity contribution in [3.63, 3.8) is 0 Å². The van der Waals surface area contributed by atoms with Crippen LogP contribution in [-0.2, 0) is 0 Å². The van der Waals surface area contributed by atoms with E-state index in [1.54, 1.807) is 18.2 Å². The maximum Gasteiger partial charge on any atom is 0.341 e. The standard InChI is InChI=1S/C9H6O3S2/c10-8(11)7-6-4(13)2-1-3-5(6)14-9(7)12/h1-3,12-13H,(H,10,11). The Balaban J connectivity index is 2.93. The molecule has 2 aromatic rings. The van der Waals surface area contributed by atoms with Crippen LogP contribution in [0.5, 0.6) is 5.06 Å². The Morgan fingerprint density at radius 1 is 1.43 bits per heavy atom. The molecule has 3 nitrogen and oxygen atoms in total. The molecular formula is C9H6O3S2. The molecule has 1 aromatic heterocycles. The normalized spacial score (nSPS) is 10.6. The zero-order valence-electron chi connectivity index (χ0n) is 6.89. The van der Waals surface area contributed by atoms with E-state index in [9.17, 15) is 9.90 Å². The lowest BCUT2D eigenvalue weighted by Gasteiger charge is -1.96. The van der Waals surface area contributed by atoms with Crippen molar-refractivity contribution in [1.29, 1.82) is 0 Å². The van der Waals surface area contributed by atoms with E-state index in [1.807, 2.05) is 0 Å². The molecule has 1 heterocycles. The van der Waals surface area contributed by atoms with Gasteiger partial charge in [-0.2, -0.15) is 0 Å². The number of hydrogen-bond donors (Lipinski definition) is 3. The van der Waals surface area contributed by atoms with Crippen LogP contribution in [0.25, 0.3) is 10.1 Å². The van der Waals surface area contributed by atoms with Gasteiger partial charge in [0.2, 0.25) is 0 Å². The molecule has 5 heteroatoms. The first-order valence-corrected chi connectivity index (χ1v) is 5.04. The van der Waals surface area contributed by atoms with E-state index in [2.05, 4.69) is 12.6 Å². The SMILES string of the molecule is O=C(O)c1c(O)sc2cccc(S)c12. The molecular weight excluding hydrogens is 220 g/mol. The molecule has 0 atom stereocenters. The van der Waals surface area contributed by atoms with E-state index < -0.39 is 5.97 Å². The molecule has 0 bridgehead atoms. The van der Waals surface area contributed by atoms with Gasteiger partial charge in [0.15, 0.2) is 5.06 Å². The Hall–Kier alpha value is -1.20. The average molecular weight is 226 g/mol. The first-order chi connectivity index (χ1) is 6.61. The number of carboxylic acids is 1. The highest BCUT2D eigenvalue weighted by Crippen LogP contribution is 2.39. The average Bonchev–Trinajstić information content (AvgIpc) is 2.42. The summed E-state index contributed by atoms with van der Waals surface area (Å²) in [5.74, 6) is -1.13. The number of thiophene rings is 1. The fourth-order valence-corrected chi connectivity index (χ4v) is 2.67. The van der Waals surface area contributed by atoms with Gasteiger partial charge in [0.25, 0.3) is 0 Å². The topological polar surface area (TPSA) is 57.5 Å². The lowest BCUT2D eigenvalue weighted by Crippen LogP contribution is -1.94. The van der Waals surface area contributed by atoms with Crippen LogP contribution in [0.1, 0.15) is 10.4 Å². The molecule has 0 aliphatic carbocycles. The van der Waals surface area contributed by atoms with Gasteiger partial charge in [0.05, 0.1) is 0 Å². The van der Waals surface area contributed by atoms with Crippen molar-refractivity contribution in [3.05, 3.63) is 23.8 Å². The molecule has 0 aliphatic heterocycles. The van der Waals surface area contributed by atoms with Crippen LogP contribution in [0.2, 0.25) is 0 Å². The second-order valence-electron chi connectivity index (χ2n) is 2.74. The summed E-state index contributed by atoms with van der Waals surface area (Å²) in [4.78, 5) is 11.4. The fourth-order valence-electron chi connectivity index (χ4n) is 1.32. The van der Waals surface area contributed by atoms with E-state index in [4.69, 9.17) is 5.11 Å². The Bertz CT molecular complexity index is 516. The van der Waals surface area contributed by atoms with E-state index in [0.29, 0.717) is 10.3 Å². The number of hydrogen-bond acceptors (Lipinski definition) is 4. The van der Waals surface area contributed by atoms with Gasteiger partial charge in [-0.15, -0.1) is 12.6 Å². The number of rotatable bonds is 1. The van der Waals surface area contributed by atoms with Gasteiger partial charge in [-0.25, -0.2) is 4.79 Å². The first kappa shape index (κ1) is 9.36. The zero-order chi connectivity index (χ0) is 10.3. The van der Waals surface area contributed by atoms with Crippen LogP contribution in [0.3, 0.4) is 0 Å². The molecule has 0 fully saturated rings. The maximum atomic E-state index is 10.9. The van der Waals surface area contributed by atoms with Crippen molar-refractivity contribution in [1.82, 2.24) is 0 Å². The molecule has 0 unspecified atom stereocenters. The second-order valence-corrected chi connectivity index (χ2v) is 4.25. The van der Waals surface area contributed by atoms with Gasteiger partial charge in [-0.3, -0.25) is 0 Å². The van der Waals surface area contributed by atoms with Crippen molar-refractivity contribution in [2.45, 2.75) is 4.90 Å². The summed E-state index contributed by atoms with van der Waals surface area (Å²) in [5.41, 5.74) is -0.0596. The number of carboxylic acid groups (broad SMARTS) is 1. The molecule has 2 rings (SSSR count). The quantitative estimate of drug-likeness (QED) is 0.655. The number of thiol groups is 1. The van der Waals surface area contributed by atoms with Crippen molar-refractivity contribution in [3.8, 4) is 5.06 Å². The van der Waals surface area contributed by atoms with E-state index >= 15 is 0 Å². The number of aromatic hydroxyl groups is 1. The Kier molecular flexibility index (Phi) is 2.13. The molecule has 0 aliphatic rings. The highest BCUT2D eigenvalue weighted by Gasteiger charge is 2.19. The van der Waals surface area contributed by atoms with Crippen LogP contribution in [-0.4, -0.2) is 16.2 Å². The minimum Gasteiger partial charge on any atom is -0.499 e. The summed E-state index contributed by atoms with van der Waals surface area (Å²) < 4.78 is 0.729. The largest absolute Gasteiger partial charge is 0.499 e. The van der Waals surface area contributed by atoms with Crippen LogP contribution in [0, 0.1) is 0 Å². The van der Waals surface area contributed by atoms with Crippen molar-refractivity contribution in [2.24, 2.45) is 0 Å². The van der Waals surface area contributed by atoms with Gasteiger partial charge in [0, 0.05) is 15.0 Å². The molecule has 0 spiro atoms. The molecule has 72 valence electrons. The molecule has 0 radical (unpaired) electrons. The van der Waals surface area contributed by atoms with E-state index in [-0.39, 0.29) is 10.6 Å². The number of carbonyl (C=O) groups is 1. The third kappa shape index (κ3) is 1.25. The van der Waals surface area contributed by atoms with Crippen molar-refractivity contribution >= 4 is 40.0 Å². The highest BCUT2D eigenvalue weighted by atomic mass is 32.1. The number of fused-ring (bicyclic) bond motifs is 1. The summed E-state index contributed by atoms with van der Waals surface area (Å²) >= 11 is 5.21. The third-order valence-corrected chi connectivity index (χ3v) is 3.22. The van der Waals surface area contributed by atoms with Crippen LogP contribution >= 0.6 is 24.0 Å². The van der Waals surface area contributed by atoms with Gasteiger partial charge in [-0.1, -0.05) is 17.4 Å². The van der Waals surface area contributed by atoms with E-state index in [0.717, 1.165) is 16.0 Å². The van der Waals surface area contributed by atoms with Gasteiger partial charge >= 0.3 is 5.97 Å². The monoisotopic (exact) mass is 226 g/mol. The molecule has 0 saturated carbocycles. The van der Waals surface area contributed by atoms with Crippen molar-refractivity contribution < 1.29 is 15.0 Å². The predicted molar refractivity (Wildman–Crippen MR) is 57.7 cm³/mol. The highest BCUT2D eigenvalue weighted by molar-refractivity contribution is 7.80. The molecule has 2 N–H and O–H groups in total. The fraction of sp³-hybridized carbons (Fsp3) is 0. The second kappa shape index (κ2) is 3.18. The predicted octanol–water partition coefficient (Wildman–Crippen LogP) is 2.59. The minimum atomic E-state index is -1.13. The van der Waals surface area contributed by atoms with E-state index in [1.165, 1.54) is 0 Å². The summed E-state index contributed by atoms with van der Waals surface area (Å²) in [6.45, 7) is 0. The van der Waals surface area contributed by atoms with Crippen LogP contribution < -0.4 is 0 Å². The van der Waals surface area contributed by atoms with Gasteiger partial charge < -0.3 is 10.2 Å². The third-order valence-electron chi connectivity index (χ3n) is 1.89. The number of benzene rings is 1. The van der Waals surface area contributed by atoms with Crippen LogP contribution in [0.15, 0.2) is 23.1 Å².